The topological polar surface area (TPSA) is 111 Å². The number of esters is 1. The number of hydrogen-bond donors (Lipinski definition) is 3. The lowest BCUT2D eigenvalue weighted by molar-refractivity contribution is -0.149. The highest BCUT2D eigenvalue weighted by Gasteiger charge is 2.22. The third kappa shape index (κ3) is 6.53. The average Bonchev–Trinajstić information content (AvgIpc) is 2.56. The minimum Gasteiger partial charge on any atom is -0.454 e. The number of ether oxygens (including phenoxy) is 1. The molecule has 0 aliphatic rings. The number of nitrogens with one attached hydrogen (secondary N) is 2. The van der Waals surface area contributed by atoms with Crippen molar-refractivity contribution in [1.82, 2.24) is 5.32 Å². The summed E-state index contributed by atoms with van der Waals surface area (Å²) in [7, 11) is 0. The largest absolute Gasteiger partial charge is 0.454 e. The Balaban J connectivity index is 2.60. The van der Waals surface area contributed by atoms with E-state index in [1.807, 2.05) is 5.32 Å². The molecule has 4 N–H and O–H groups in total. The highest BCUT2D eigenvalue weighted by Crippen LogP contribution is 2.19. The van der Waals surface area contributed by atoms with Crippen LogP contribution in [-0.4, -0.2) is 42.6 Å². The molecule has 0 fully saturated rings. The van der Waals surface area contributed by atoms with Gasteiger partial charge in [-0.05, 0) is 30.6 Å². The van der Waals surface area contributed by atoms with E-state index in [2.05, 4.69) is 5.32 Å². The van der Waals surface area contributed by atoms with Gasteiger partial charge in [0.1, 0.15) is 6.04 Å². The summed E-state index contributed by atoms with van der Waals surface area (Å²) in [6.45, 7) is -0.812. The first-order valence-corrected chi connectivity index (χ1v) is 8.30. The molecule has 1 aromatic rings. The van der Waals surface area contributed by atoms with Gasteiger partial charge in [0.15, 0.2) is 24.1 Å². The monoisotopic (exact) mass is 379 g/mol. The Kier molecular flexibility index (Phi) is 8.05. The molecule has 0 aliphatic carbocycles. The molecule has 1 atom stereocenters. The van der Waals surface area contributed by atoms with Gasteiger partial charge in [-0.1, -0.05) is 0 Å². The number of urea groups is 1. The number of amides is 3. The first-order valence-electron chi connectivity index (χ1n) is 6.91. The minimum absolute atomic E-state index is 0.225. The van der Waals surface area contributed by atoms with Gasteiger partial charge in [0.05, 0.1) is 5.69 Å². The van der Waals surface area contributed by atoms with Gasteiger partial charge in [-0.25, -0.2) is 22.8 Å². The molecule has 0 radical (unpaired) electrons. The molecule has 25 heavy (non-hydrogen) atoms. The molecule has 3 amide bonds. The smallest absolute Gasteiger partial charge is 0.329 e. The Bertz CT molecular complexity index is 660. The molecular weight excluding hydrogens is 363 g/mol. The zero-order chi connectivity index (χ0) is 19.0. The molecular formula is C14H16F3N3O4S. The normalized spacial score (nSPS) is 11.5. The van der Waals surface area contributed by atoms with Gasteiger partial charge in [0, 0.05) is 0 Å². The van der Waals surface area contributed by atoms with E-state index in [4.69, 9.17) is 10.5 Å². The van der Waals surface area contributed by atoms with E-state index < -0.39 is 53.7 Å². The molecule has 1 rings (SSSR count). The lowest BCUT2D eigenvalue weighted by Gasteiger charge is -2.16. The first kappa shape index (κ1) is 20.6. The maximum Gasteiger partial charge on any atom is 0.329 e. The van der Waals surface area contributed by atoms with Crippen LogP contribution in [0.5, 0.6) is 0 Å². The van der Waals surface area contributed by atoms with E-state index in [0.717, 1.165) is 6.07 Å². The number of thioether (sulfide) groups is 1. The van der Waals surface area contributed by atoms with E-state index in [0.29, 0.717) is 11.8 Å². The summed E-state index contributed by atoms with van der Waals surface area (Å²) in [5, 5.41) is 4.12. The molecule has 0 bridgehead atoms. The summed E-state index contributed by atoms with van der Waals surface area (Å²) >= 11 is 1.42. The van der Waals surface area contributed by atoms with Gasteiger partial charge < -0.3 is 21.1 Å². The van der Waals surface area contributed by atoms with E-state index in [1.54, 1.807) is 6.26 Å². The third-order valence-corrected chi connectivity index (χ3v) is 3.51. The summed E-state index contributed by atoms with van der Waals surface area (Å²) in [4.78, 5) is 34.3. The van der Waals surface area contributed by atoms with E-state index in [9.17, 15) is 27.6 Å². The Morgan fingerprint density at radius 3 is 2.52 bits per heavy atom. The fourth-order valence-corrected chi connectivity index (χ4v) is 2.17. The van der Waals surface area contributed by atoms with Crippen molar-refractivity contribution in [3.63, 3.8) is 0 Å². The van der Waals surface area contributed by atoms with Crippen LogP contribution in [0.3, 0.4) is 0 Å². The fraction of sp³-hybridized carbons (Fsp3) is 0.357. The average molecular weight is 379 g/mol. The van der Waals surface area contributed by atoms with Crippen molar-refractivity contribution in [1.29, 1.82) is 0 Å². The van der Waals surface area contributed by atoms with Gasteiger partial charge in [-0.2, -0.15) is 11.8 Å². The number of halogens is 3. The van der Waals surface area contributed by atoms with Crippen molar-refractivity contribution < 1.29 is 32.3 Å². The summed E-state index contributed by atoms with van der Waals surface area (Å²) in [5.74, 6) is -6.08. The number of anilines is 1. The maximum atomic E-state index is 13.4. The molecule has 0 spiro atoms. The zero-order valence-corrected chi connectivity index (χ0v) is 13.9. The van der Waals surface area contributed by atoms with Gasteiger partial charge in [0.2, 0.25) is 0 Å². The van der Waals surface area contributed by atoms with Gasteiger partial charge in [-0.15, -0.1) is 0 Å². The number of carbonyl (C=O) groups excluding carboxylic acids is 3. The molecule has 0 saturated carbocycles. The summed E-state index contributed by atoms with van der Waals surface area (Å²) in [6, 6.07) is -0.521. The Morgan fingerprint density at radius 1 is 1.24 bits per heavy atom. The van der Waals surface area contributed by atoms with Crippen molar-refractivity contribution >= 4 is 35.4 Å². The van der Waals surface area contributed by atoms with Crippen LogP contribution in [0.15, 0.2) is 12.1 Å². The van der Waals surface area contributed by atoms with E-state index in [1.165, 1.54) is 11.8 Å². The highest BCUT2D eigenvalue weighted by molar-refractivity contribution is 7.98. The SMILES string of the molecule is CSCC[C@H](NC(N)=O)C(=O)OCC(=O)Nc1ccc(F)c(F)c1F. The molecule has 0 heterocycles. The van der Waals surface area contributed by atoms with Crippen molar-refractivity contribution in [3.05, 3.63) is 29.6 Å². The van der Waals surface area contributed by atoms with Crippen molar-refractivity contribution in [2.45, 2.75) is 12.5 Å². The Hall–Kier alpha value is -2.43. The third-order valence-electron chi connectivity index (χ3n) is 2.87. The van der Waals surface area contributed by atoms with Crippen LogP contribution in [0, 0.1) is 17.5 Å². The van der Waals surface area contributed by atoms with Crippen molar-refractivity contribution in [2.75, 3.05) is 23.9 Å². The Morgan fingerprint density at radius 2 is 1.92 bits per heavy atom. The predicted molar refractivity (Wildman–Crippen MR) is 85.4 cm³/mol. The molecule has 7 nitrogen and oxygen atoms in total. The van der Waals surface area contributed by atoms with E-state index >= 15 is 0 Å². The Labute approximate surface area is 145 Å². The van der Waals surface area contributed by atoms with Crippen LogP contribution in [0.25, 0.3) is 0 Å². The summed E-state index contributed by atoms with van der Waals surface area (Å²) in [5.41, 5.74) is 4.35. The molecule has 0 saturated heterocycles. The van der Waals surface area contributed by atoms with Crippen molar-refractivity contribution in [3.8, 4) is 0 Å². The van der Waals surface area contributed by atoms with Crippen LogP contribution in [0.1, 0.15) is 6.42 Å². The van der Waals surface area contributed by atoms with Crippen LogP contribution in [0.4, 0.5) is 23.7 Å². The van der Waals surface area contributed by atoms with Crippen molar-refractivity contribution in [2.24, 2.45) is 5.73 Å². The number of benzene rings is 1. The van der Waals surface area contributed by atoms with Gasteiger partial charge in [-0.3, -0.25) is 4.79 Å². The molecule has 0 unspecified atom stereocenters. The van der Waals surface area contributed by atoms with Crippen LogP contribution >= 0.6 is 11.8 Å². The predicted octanol–water partition coefficient (Wildman–Crippen LogP) is 1.38. The van der Waals surface area contributed by atoms with Gasteiger partial charge in [0.25, 0.3) is 5.91 Å². The van der Waals surface area contributed by atoms with Gasteiger partial charge >= 0.3 is 12.0 Å². The number of primary amides is 1. The summed E-state index contributed by atoms with van der Waals surface area (Å²) in [6.07, 6.45) is 2.01. The van der Waals surface area contributed by atoms with E-state index in [-0.39, 0.29) is 6.42 Å². The number of rotatable bonds is 8. The van der Waals surface area contributed by atoms with Crippen LogP contribution in [0.2, 0.25) is 0 Å². The second-order valence-corrected chi connectivity index (χ2v) is 5.71. The maximum absolute atomic E-state index is 13.4. The molecule has 0 aliphatic heterocycles. The fourth-order valence-electron chi connectivity index (χ4n) is 1.70. The molecule has 11 heteroatoms. The second-order valence-electron chi connectivity index (χ2n) is 4.72. The minimum atomic E-state index is -1.74. The number of carbonyl (C=O) groups is 3. The quantitative estimate of drug-likeness (QED) is 0.467. The lowest BCUT2D eigenvalue weighted by atomic mass is 10.2. The molecule has 138 valence electrons. The zero-order valence-electron chi connectivity index (χ0n) is 13.1. The number of hydrogen-bond acceptors (Lipinski definition) is 5. The second kappa shape index (κ2) is 9.77. The standard InChI is InChI=1S/C14H16F3N3O4S/c1-25-5-4-9(20-14(18)23)13(22)24-6-10(21)19-8-3-2-7(15)11(16)12(8)17/h2-3,9H,4-6H2,1H3,(H,19,21)(H3,18,20,23)/t9-/m0/s1. The molecule has 1 aromatic carbocycles. The van der Waals surface area contributed by atoms with Crippen LogP contribution in [-0.2, 0) is 14.3 Å². The first-order chi connectivity index (χ1) is 11.8. The highest BCUT2D eigenvalue weighted by atomic mass is 32.2. The summed E-state index contributed by atoms with van der Waals surface area (Å²) < 4.78 is 44.0. The number of nitrogens with two attached hydrogens (primary N) is 1. The van der Waals surface area contributed by atoms with Crippen LogP contribution < -0.4 is 16.4 Å². The lowest BCUT2D eigenvalue weighted by Crippen LogP contribution is -2.45. The molecule has 0 aromatic heterocycles.